The Kier molecular flexibility index (Phi) is 7.61. The van der Waals surface area contributed by atoms with E-state index < -0.39 is 0 Å². The third-order valence-electron chi connectivity index (χ3n) is 5.35. The van der Waals surface area contributed by atoms with Crippen LogP contribution in [0.4, 0.5) is 4.79 Å². The third kappa shape index (κ3) is 5.20. The van der Waals surface area contributed by atoms with Crippen LogP contribution in [0.25, 0.3) is 21.5 Å². The van der Waals surface area contributed by atoms with Crippen molar-refractivity contribution in [2.24, 2.45) is 0 Å². The second kappa shape index (κ2) is 10.4. The van der Waals surface area contributed by atoms with Crippen molar-refractivity contribution in [3.63, 3.8) is 0 Å². The Morgan fingerprint density at radius 3 is 2.70 bits per heavy atom. The smallest absolute Gasteiger partial charge is 0.286 e. The molecule has 0 spiro atoms. The molecule has 2 aromatic carbocycles. The number of nitrogens with zero attached hydrogens (tertiary/aromatic N) is 1. The molecule has 1 fully saturated rings. The van der Waals surface area contributed by atoms with Crippen molar-refractivity contribution < 1.29 is 18.7 Å². The fourth-order valence-electron chi connectivity index (χ4n) is 3.74. The summed E-state index contributed by atoms with van der Waals surface area (Å²) in [4.78, 5) is 28.0. The van der Waals surface area contributed by atoms with Crippen molar-refractivity contribution in [2.45, 2.75) is 25.0 Å². The minimum atomic E-state index is -0.383. The Balaban J connectivity index is 0.00000259. The number of aromatic nitrogens is 1. The summed E-state index contributed by atoms with van der Waals surface area (Å²) in [6.07, 6.45) is 1.15. The number of hydrogen-bond donors (Lipinski definition) is 1. The first-order chi connectivity index (χ1) is 15.6. The topological polar surface area (TPSA) is 81.4 Å². The van der Waals surface area contributed by atoms with Crippen LogP contribution >= 0.6 is 23.1 Å². The Labute approximate surface area is 221 Å². The van der Waals surface area contributed by atoms with E-state index in [0.29, 0.717) is 25.3 Å². The summed E-state index contributed by atoms with van der Waals surface area (Å²) >= 11 is 2.66. The first-order valence-electron chi connectivity index (χ1n) is 10.2. The number of oxazole rings is 1. The maximum absolute atomic E-state index is 11.9. The maximum Gasteiger partial charge on any atom is 0.286 e. The van der Waals surface area contributed by atoms with Gasteiger partial charge in [-0.2, -0.15) is 0 Å². The van der Waals surface area contributed by atoms with Crippen LogP contribution < -0.4 is 10.1 Å². The molecule has 6 nitrogen and oxygen atoms in total. The minimum absolute atomic E-state index is 0. The first-order valence-corrected chi connectivity index (χ1v) is 12.0. The number of amides is 2. The van der Waals surface area contributed by atoms with Crippen molar-refractivity contribution in [1.82, 2.24) is 10.3 Å². The summed E-state index contributed by atoms with van der Waals surface area (Å²) in [5.74, 6) is 2.01. The molecule has 1 radical (unpaired) electrons. The molecule has 3 heterocycles. The zero-order valence-electron chi connectivity index (χ0n) is 18.3. The van der Waals surface area contributed by atoms with Gasteiger partial charge in [0, 0.05) is 41.5 Å². The van der Waals surface area contributed by atoms with E-state index in [1.165, 1.54) is 0 Å². The van der Waals surface area contributed by atoms with Gasteiger partial charge >= 0.3 is 0 Å². The summed E-state index contributed by atoms with van der Waals surface area (Å²) in [5, 5.41) is 4.76. The summed E-state index contributed by atoms with van der Waals surface area (Å²) < 4.78 is 13.0. The zero-order chi connectivity index (χ0) is 22.1. The molecule has 0 bridgehead atoms. The standard InChI is InChI=1S/C24H20N2O4S2.Na/c1-14-18(25-23(30-14)15-5-3-2-4-6-15)9-11-29-19-8-7-16(17-10-12-31-21(17)19)13-20-22(27)26-24(28)32-20;/h2-8,10,12,20H,9,11,13H2,1H3,(H,26,27,28);. The molecule has 5 rings (SSSR count). The van der Waals surface area contributed by atoms with E-state index in [-0.39, 0.29) is 46.0 Å². The van der Waals surface area contributed by atoms with E-state index in [1.54, 1.807) is 11.3 Å². The van der Waals surface area contributed by atoms with Crippen LogP contribution in [0.1, 0.15) is 17.0 Å². The summed E-state index contributed by atoms with van der Waals surface area (Å²) in [7, 11) is 0. The average Bonchev–Trinajstić information content (AvgIpc) is 3.50. The average molecular weight is 488 g/mol. The molecule has 9 heteroatoms. The van der Waals surface area contributed by atoms with E-state index in [0.717, 1.165) is 50.2 Å². The van der Waals surface area contributed by atoms with Gasteiger partial charge in [-0.3, -0.25) is 14.9 Å². The number of thioether (sulfide) groups is 1. The number of hydrogen-bond acceptors (Lipinski definition) is 7. The van der Waals surface area contributed by atoms with E-state index in [2.05, 4.69) is 10.3 Å². The van der Waals surface area contributed by atoms with Crippen LogP contribution in [0.15, 0.2) is 58.3 Å². The van der Waals surface area contributed by atoms with E-state index >= 15 is 0 Å². The SMILES string of the molecule is Cc1oc(-c2ccccc2)nc1CCOc1ccc(CC2SC(=O)NC2=O)c2ccsc12.[Na]. The van der Waals surface area contributed by atoms with Gasteiger partial charge in [0.15, 0.2) is 0 Å². The fraction of sp³-hybridized carbons (Fsp3) is 0.208. The maximum atomic E-state index is 11.9. The number of carbonyl (C=O) groups excluding carboxylic acids is 2. The fourth-order valence-corrected chi connectivity index (χ4v) is 5.49. The molecule has 0 aliphatic carbocycles. The van der Waals surface area contributed by atoms with Crippen molar-refractivity contribution in [3.8, 4) is 17.2 Å². The van der Waals surface area contributed by atoms with Crippen molar-refractivity contribution in [1.29, 1.82) is 0 Å². The minimum Gasteiger partial charge on any atom is -0.492 e. The molecule has 1 unspecified atom stereocenters. The molecular weight excluding hydrogens is 467 g/mol. The Bertz CT molecular complexity index is 1300. The predicted octanol–water partition coefficient (Wildman–Crippen LogP) is 5.00. The van der Waals surface area contributed by atoms with Crippen LogP contribution in [0.3, 0.4) is 0 Å². The molecule has 1 aliphatic heterocycles. The van der Waals surface area contributed by atoms with Crippen LogP contribution in [0, 0.1) is 6.92 Å². The molecule has 163 valence electrons. The molecule has 1 saturated heterocycles. The van der Waals surface area contributed by atoms with E-state index in [4.69, 9.17) is 9.15 Å². The number of nitrogens with one attached hydrogen (secondary N) is 1. The second-order valence-electron chi connectivity index (χ2n) is 7.46. The Hall–Kier alpha value is -2.10. The summed E-state index contributed by atoms with van der Waals surface area (Å²) in [5.41, 5.74) is 2.88. The van der Waals surface area contributed by atoms with Gasteiger partial charge in [0.05, 0.1) is 22.3 Å². The predicted molar refractivity (Wildman–Crippen MR) is 132 cm³/mol. The number of thiophene rings is 1. The molecule has 4 aromatic rings. The van der Waals surface area contributed by atoms with Gasteiger partial charge in [-0.05, 0) is 53.9 Å². The van der Waals surface area contributed by atoms with Gasteiger partial charge in [0.2, 0.25) is 11.8 Å². The quantitative estimate of drug-likeness (QED) is 0.370. The Morgan fingerprint density at radius 1 is 1.12 bits per heavy atom. The van der Waals surface area contributed by atoms with Gasteiger partial charge in [0.1, 0.15) is 11.5 Å². The van der Waals surface area contributed by atoms with Crippen LogP contribution in [0.2, 0.25) is 0 Å². The molecule has 2 amide bonds. The van der Waals surface area contributed by atoms with Crippen molar-refractivity contribution in [2.75, 3.05) is 6.61 Å². The number of benzene rings is 2. The molecular formula is C24H20N2NaO4S2. The van der Waals surface area contributed by atoms with Gasteiger partial charge in [0.25, 0.3) is 5.24 Å². The third-order valence-corrected chi connectivity index (χ3v) is 7.26. The molecule has 2 aromatic heterocycles. The number of ether oxygens (including phenoxy) is 1. The van der Waals surface area contributed by atoms with E-state index in [1.807, 2.05) is 60.8 Å². The van der Waals surface area contributed by atoms with Crippen LogP contribution in [-0.2, 0) is 17.6 Å². The van der Waals surface area contributed by atoms with Gasteiger partial charge in [-0.25, -0.2) is 4.98 Å². The number of imide groups is 1. The zero-order valence-corrected chi connectivity index (χ0v) is 21.9. The number of rotatable bonds is 7. The monoisotopic (exact) mass is 487 g/mol. The molecule has 1 atom stereocenters. The number of fused-ring (bicyclic) bond motifs is 1. The molecule has 33 heavy (non-hydrogen) atoms. The second-order valence-corrected chi connectivity index (χ2v) is 9.55. The molecule has 0 saturated carbocycles. The number of carbonyl (C=O) groups is 2. The van der Waals surface area contributed by atoms with E-state index in [9.17, 15) is 9.59 Å². The van der Waals surface area contributed by atoms with Crippen molar-refractivity contribution in [3.05, 3.63) is 70.9 Å². The Morgan fingerprint density at radius 2 is 1.94 bits per heavy atom. The number of aryl methyl sites for hydroxylation is 1. The van der Waals surface area contributed by atoms with Crippen LogP contribution in [0.5, 0.6) is 5.75 Å². The van der Waals surface area contributed by atoms with Crippen molar-refractivity contribution >= 4 is 73.9 Å². The van der Waals surface area contributed by atoms with Gasteiger partial charge in [-0.15, -0.1) is 11.3 Å². The van der Waals surface area contributed by atoms with Crippen LogP contribution in [-0.4, -0.2) is 57.5 Å². The summed E-state index contributed by atoms with van der Waals surface area (Å²) in [6.45, 7) is 2.40. The normalized spacial score (nSPS) is 15.5. The summed E-state index contributed by atoms with van der Waals surface area (Å²) in [6, 6.07) is 15.8. The molecule has 1 aliphatic rings. The molecule has 1 N–H and O–H groups in total. The van der Waals surface area contributed by atoms with Gasteiger partial charge < -0.3 is 9.15 Å². The van der Waals surface area contributed by atoms with Gasteiger partial charge in [-0.1, -0.05) is 36.0 Å². The largest absolute Gasteiger partial charge is 0.492 e. The first kappa shape index (κ1) is 24.0.